The molecule has 1 saturated heterocycles. The summed E-state index contributed by atoms with van der Waals surface area (Å²) in [6.07, 6.45) is 0.730. The number of aryl methyl sites for hydroxylation is 1. The van der Waals surface area contributed by atoms with Crippen LogP contribution < -0.4 is 0 Å². The summed E-state index contributed by atoms with van der Waals surface area (Å²) in [5.74, 6) is -0.405. The summed E-state index contributed by atoms with van der Waals surface area (Å²) in [6.45, 7) is 7.86. The van der Waals surface area contributed by atoms with Gasteiger partial charge in [0.1, 0.15) is 0 Å². The van der Waals surface area contributed by atoms with E-state index in [0.29, 0.717) is 16.4 Å². The van der Waals surface area contributed by atoms with Crippen LogP contribution in [0.15, 0.2) is 40.5 Å². The number of carbonyl (C=O) groups excluding carboxylic acids is 2. The third kappa shape index (κ3) is 3.11. The molecule has 0 bridgehead atoms. The highest BCUT2D eigenvalue weighted by atomic mass is 32.2. The molecule has 1 aromatic carbocycles. The number of thioether (sulfide) groups is 1. The molecule has 0 saturated carbocycles. The van der Waals surface area contributed by atoms with E-state index in [1.54, 1.807) is 11.8 Å². The molecule has 6 heteroatoms. The average Bonchev–Trinajstić information content (AvgIpc) is 2.90. The molecule has 5 nitrogen and oxygen atoms in total. The number of esters is 1. The Bertz CT molecular complexity index is 767. The van der Waals surface area contributed by atoms with Gasteiger partial charge in [0, 0.05) is 0 Å². The fourth-order valence-electron chi connectivity index (χ4n) is 3.12. The van der Waals surface area contributed by atoms with Crippen LogP contribution >= 0.6 is 11.8 Å². The Morgan fingerprint density at radius 3 is 2.52 bits per heavy atom. The van der Waals surface area contributed by atoms with E-state index in [-0.39, 0.29) is 17.8 Å². The van der Waals surface area contributed by atoms with Gasteiger partial charge in [-0.2, -0.15) is 0 Å². The van der Waals surface area contributed by atoms with Gasteiger partial charge < -0.3 is 4.74 Å². The van der Waals surface area contributed by atoms with Crippen LogP contribution in [0.2, 0.25) is 0 Å². The Morgan fingerprint density at radius 1 is 1.24 bits per heavy atom. The largest absolute Gasteiger partial charge is 0.463 e. The number of amides is 1. The molecule has 1 amide bonds. The highest BCUT2D eigenvalue weighted by molar-refractivity contribution is 8.15. The lowest BCUT2D eigenvalue weighted by Gasteiger charge is -2.33. The van der Waals surface area contributed by atoms with E-state index in [1.807, 2.05) is 45.0 Å². The predicted molar refractivity (Wildman–Crippen MR) is 99.2 cm³/mol. The van der Waals surface area contributed by atoms with Crippen LogP contribution in [0.4, 0.5) is 0 Å². The lowest BCUT2D eigenvalue weighted by molar-refractivity contribution is -0.139. The first kappa shape index (κ1) is 17.7. The SMILES string of the molecule is CCOC(=O)C1=C(C)N=C2S[C@H](CC)C(=O)N2[C@@H]1c1ccc(C)cc1. The molecular weight excluding hydrogens is 336 g/mol. The number of amidine groups is 1. The summed E-state index contributed by atoms with van der Waals surface area (Å²) in [6, 6.07) is 7.43. The standard InChI is InChI=1S/C19H22N2O3S/c1-5-14-17(22)21-16(13-9-7-11(3)8-10-13)15(18(23)24-6-2)12(4)20-19(21)25-14/h7-10,14,16H,5-6H2,1-4H3/t14-,16-/m1/s1. The molecule has 0 aromatic heterocycles. The van der Waals surface area contributed by atoms with Gasteiger partial charge in [-0.3, -0.25) is 9.69 Å². The van der Waals surface area contributed by atoms with Crippen molar-refractivity contribution in [3.05, 3.63) is 46.7 Å². The Morgan fingerprint density at radius 2 is 1.92 bits per heavy atom. The van der Waals surface area contributed by atoms with E-state index in [1.165, 1.54) is 11.8 Å². The van der Waals surface area contributed by atoms with Gasteiger partial charge in [-0.15, -0.1) is 0 Å². The van der Waals surface area contributed by atoms with Crippen molar-refractivity contribution in [1.82, 2.24) is 4.90 Å². The van der Waals surface area contributed by atoms with Crippen LogP contribution in [0, 0.1) is 6.92 Å². The molecule has 2 atom stereocenters. The van der Waals surface area contributed by atoms with Gasteiger partial charge in [-0.25, -0.2) is 9.79 Å². The lowest BCUT2D eigenvalue weighted by atomic mass is 9.93. The minimum absolute atomic E-state index is 0.00567. The number of aliphatic imine (C=N–C) groups is 1. The number of nitrogens with zero attached hydrogens (tertiary/aromatic N) is 2. The number of ether oxygens (including phenoxy) is 1. The van der Waals surface area contributed by atoms with E-state index in [9.17, 15) is 9.59 Å². The van der Waals surface area contributed by atoms with Crippen molar-refractivity contribution < 1.29 is 14.3 Å². The van der Waals surface area contributed by atoms with E-state index >= 15 is 0 Å². The van der Waals surface area contributed by atoms with Gasteiger partial charge in [0.15, 0.2) is 5.17 Å². The third-order valence-electron chi connectivity index (χ3n) is 4.41. The summed E-state index contributed by atoms with van der Waals surface area (Å²) in [7, 11) is 0. The van der Waals surface area contributed by atoms with Gasteiger partial charge in [-0.1, -0.05) is 48.5 Å². The van der Waals surface area contributed by atoms with E-state index in [4.69, 9.17) is 4.74 Å². The number of hydrogen-bond acceptors (Lipinski definition) is 5. The number of hydrogen-bond donors (Lipinski definition) is 0. The summed E-state index contributed by atoms with van der Waals surface area (Å²) < 4.78 is 5.25. The van der Waals surface area contributed by atoms with Crippen molar-refractivity contribution in [3.63, 3.8) is 0 Å². The molecule has 132 valence electrons. The van der Waals surface area contributed by atoms with Crippen molar-refractivity contribution in [2.24, 2.45) is 4.99 Å². The van der Waals surface area contributed by atoms with Gasteiger partial charge >= 0.3 is 5.97 Å². The van der Waals surface area contributed by atoms with Crippen LogP contribution in [0.1, 0.15) is 44.4 Å². The maximum Gasteiger partial charge on any atom is 0.338 e. The topological polar surface area (TPSA) is 59.0 Å². The van der Waals surface area contributed by atoms with Crippen molar-refractivity contribution in [1.29, 1.82) is 0 Å². The number of allylic oxidation sites excluding steroid dienone is 1. The van der Waals surface area contributed by atoms with Gasteiger partial charge in [0.25, 0.3) is 0 Å². The number of rotatable bonds is 4. The van der Waals surface area contributed by atoms with E-state index in [2.05, 4.69) is 4.99 Å². The zero-order valence-electron chi connectivity index (χ0n) is 14.9. The maximum absolute atomic E-state index is 12.9. The highest BCUT2D eigenvalue weighted by Gasteiger charge is 2.47. The second-order valence-corrected chi connectivity index (χ2v) is 7.32. The van der Waals surface area contributed by atoms with Crippen molar-refractivity contribution in [2.45, 2.75) is 45.4 Å². The molecule has 25 heavy (non-hydrogen) atoms. The zero-order valence-corrected chi connectivity index (χ0v) is 15.7. The summed E-state index contributed by atoms with van der Waals surface area (Å²) in [4.78, 5) is 31.7. The van der Waals surface area contributed by atoms with Crippen LogP contribution in [0.3, 0.4) is 0 Å². The first-order valence-corrected chi connectivity index (χ1v) is 9.38. The van der Waals surface area contributed by atoms with Crippen molar-refractivity contribution >= 4 is 28.8 Å². The molecule has 2 heterocycles. The minimum Gasteiger partial charge on any atom is -0.463 e. The first-order chi connectivity index (χ1) is 12.0. The molecule has 0 aliphatic carbocycles. The van der Waals surface area contributed by atoms with Crippen molar-refractivity contribution in [3.8, 4) is 0 Å². The van der Waals surface area contributed by atoms with Crippen molar-refractivity contribution in [2.75, 3.05) is 6.61 Å². The Labute approximate surface area is 152 Å². The molecule has 1 fully saturated rings. The van der Waals surface area contributed by atoms with Gasteiger partial charge in [0.05, 0.1) is 29.2 Å². The third-order valence-corrected chi connectivity index (χ3v) is 5.73. The summed E-state index contributed by atoms with van der Waals surface area (Å²) >= 11 is 1.48. The fraction of sp³-hybridized carbons (Fsp3) is 0.421. The average molecular weight is 358 g/mol. The molecular formula is C19H22N2O3S. The number of benzene rings is 1. The normalized spacial score (nSPS) is 22.8. The molecule has 0 spiro atoms. The molecule has 0 N–H and O–H groups in total. The Balaban J connectivity index is 2.13. The molecule has 1 aromatic rings. The highest BCUT2D eigenvalue weighted by Crippen LogP contribution is 2.43. The molecule has 2 aliphatic rings. The Hall–Kier alpha value is -2.08. The van der Waals surface area contributed by atoms with Crippen LogP contribution in [0.5, 0.6) is 0 Å². The second kappa shape index (κ2) is 7.04. The maximum atomic E-state index is 12.9. The molecule has 3 rings (SSSR count). The summed E-state index contributed by atoms with van der Waals surface area (Å²) in [5.41, 5.74) is 3.08. The van der Waals surface area contributed by atoms with E-state index in [0.717, 1.165) is 17.5 Å². The smallest absolute Gasteiger partial charge is 0.338 e. The first-order valence-electron chi connectivity index (χ1n) is 8.50. The quantitative estimate of drug-likeness (QED) is 0.772. The van der Waals surface area contributed by atoms with Crippen LogP contribution in [-0.4, -0.2) is 33.8 Å². The number of fused-ring (bicyclic) bond motifs is 1. The zero-order chi connectivity index (χ0) is 18.1. The lowest BCUT2D eigenvalue weighted by Crippen LogP contribution is -2.40. The molecule has 0 unspecified atom stereocenters. The van der Waals surface area contributed by atoms with E-state index < -0.39 is 12.0 Å². The summed E-state index contributed by atoms with van der Waals surface area (Å²) in [5, 5.41) is 0.522. The minimum atomic E-state index is -0.483. The molecule has 0 radical (unpaired) electrons. The fourth-order valence-corrected chi connectivity index (χ4v) is 4.26. The second-order valence-electron chi connectivity index (χ2n) is 6.15. The predicted octanol–water partition coefficient (Wildman–Crippen LogP) is 3.60. The van der Waals surface area contributed by atoms with Gasteiger partial charge in [-0.05, 0) is 32.8 Å². The molecule has 2 aliphatic heterocycles. The van der Waals surface area contributed by atoms with Gasteiger partial charge in [0.2, 0.25) is 5.91 Å². The number of carbonyl (C=O) groups is 2. The monoisotopic (exact) mass is 358 g/mol. The Kier molecular flexibility index (Phi) is 4.99. The van der Waals surface area contributed by atoms with Crippen LogP contribution in [0.25, 0.3) is 0 Å². The van der Waals surface area contributed by atoms with Crippen LogP contribution in [-0.2, 0) is 14.3 Å².